The average molecular weight is 2040 g/mol. The second kappa shape index (κ2) is 37.6. The second-order valence-electron chi connectivity index (χ2n) is 17.7. The Labute approximate surface area is 560 Å². The number of aromatic nitrogens is 4. The van der Waals surface area contributed by atoms with E-state index in [1.165, 1.54) is 6.20 Å². The van der Waals surface area contributed by atoms with Crippen molar-refractivity contribution in [3.05, 3.63) is 259 Å². The van der Waals surface area contributed by atoms with Gasteiger partial charge in [-0.25, -0.2) is 0 Å². The molecule has 0 unspecified atom stereocenters. The molecular weight excluding hydrogens is 1990 g/mol. The van der Waals surface area contributed by atoms with Crippen LogP contribution in [0.4, 0.5) is 60.5 Å². The van der Waals surface area contributed by atoms with E-state index in [4.69, 9.17) is 13.1 Å². The normalized spacial score (nSPS) is 10.3. The molecule has 0 bridgehead atoms. The van der Waals surface area contributed by atoms with Gasteiger partial charge in [-0.1, -0.05) is 53.1 Å². The van der Waals surface area contributed by atoms with Crippen LogP contribution < -0.4 is 19.6 Å². The molecule has 1 aliphatic rings. The zero-order valence-electron chi connectivity index (χ0n) is 46.4. The van der Waals surface area contributed by atoms with Crippen molar-refractivity contribution in [2.75, 3.05) is 68.9 Å². The van der Waals surface area contributed by atoms with E-state index in [2.05, 4.69) is 60.0 Å². The van der Waals surface area contributed by atoms with Gasteiger partial charge in [-0.15, -0.1) is 71.4 Å². The van der Waals surface area contributed by atoms with Gasteiger partial charge in [-0.05, 0) is 73.4 Å². The SMILES string of the molecule is CN(C)c1ccc(-c2[c-]cc(F)cc2F)nc1.CN1C=CN(c2[c-]cccc2)[CH-]1.Cc1cccnc1-c1[c-]cc(F)cc1F.[C-]#[N+]c1c(F)c[c-]c(-c2cc(N(C)C)ccn2)c1F.[C-]#[N+]c1cc[c-]c(-c2cc(N(C)C)ccn2)c1.[Ir].[Ir].[Ir].[Ir].[Ir]. The molecule has 0 atom stereocenters. The van der Waals surface area contributed by atoms with Gasteiger partial charge < -0.3 is 44.4 Å². The number of anilines is 4. The number of pyridine rings is 4. The number of halogens is 6. The Morgan fingerprint density at radius 3 is 1.64 bits per heavy atom. The molecule has 0 saturated carbocycles. The van der Waals surface area contributed by atoms with Gasteiger partial charge >= 0.3 is 0 Å². The van der Waals surface area contributed by atoms with Crippen molar-refractivity contribution in [1.82, 2.24) is 24.8 Å². The molecule has 0 N–H and O–H groups in total. The van der Waals surface area contributed by atoms with Gasteiger partial charge in [0.15, 0.2) is 5.69 Å². The maximum Gasteiger partial charge on any atom is 0.176 e. The summed E-state index contributed by atoms with van der Waals surface area (Å²) in [5, 5.41) is 0. The molecule has 10 rings (SSSR count). The van der Waals surface area contributed by atoms with E-state index in [1.807, 2.05) is 148 Å². The summed E-state index contributed by atoms with van der Waals surface area (Å²) in [7, 11) is 13.4. The first kappa shape index (κ1) is 76.3. The third kappa shape index (κ3) is 22.2. The molecule has 4 aromatic heterocycles. The van der Waals surface area contributed by atoms with Crippen molar-refractivity contribution in [2.24, 2.45) is 0 Å². The Kier molecular flexibility index (Phi) is 33.8. The smallest absolute Gasteiger partial charge is 0.176 e. The van der Waals surface area contributed by atoms with E-state index in [9.17, 15) is 26.3 Å². The minimum Gasteiger partial charge on any atom is -0.510 e. The molecule has 22 heteroatoms. The molecule has 1 aliphatic heterocycles. The topological polar surface area (TPSA) is 76.5 Å². The van der Waals surface area contributed by atoms with Crippen LogP contribution in [-0.2, 0) is 101 Å². The summed E-state index contributed by atoms with van der Waals surface area (Å²) in [6.07, 6.45) is 10.5. The zero-order valence-corrected chi connectivity index (χ0v) is 58.4. The third-order valence-corrected chi connectivity index (χ3v) is 11.3. The molecule has 0 aliphatic carbocycles. The molecule has 11 nitrogen and oxygen atoms in total. The second-order valence-corrected chi connectivity index (χ2v) is 17.7. The molecular formula is C63H51F6Ir5N11-6. The molecule has 5 radical (unpaired) electrons. The Bertz CT molecular complexity index is 3650. The predicted octanol–water partition coefficient (Wildman–Crippen LogP) is 14.5. The van der Waals surface area contributed by atoms with Crippen LogP contribution in [0.5, 0.6) is 0 Å². The summed E-state index contributed by atoms with van der Waals surface area (Å²) in [6.45, 7) is 17.6. The minimum atomic E-state index is -0.932. The Hall–Kier alpha value is -6.75. The van der Waals surface area contributed by atoms with Crippen LogP contribution in [0.3, 0.4) is 0 Å². The van der Waals surface area contributed by atoms with Gasteiger partial charge in [0.1, 0.15) is 5.69 Å². The van der Waals surface area contributed by atoms with Crippen molar-refractivity contribution in [3.63, 3.8) is 0 Å². The van der Waals surface area contributed by atoms with Gasteiger partial charge in [0, 0.05) is 214 Å². The first-order valence-electron chi connectivity index (χ1n) is 24.1. The van der Waals surface area contributed by atoms with Crippen molar-refractivity contribution in [2.45, 2.75) is 6.92 Å². The number of rotatable bonds is 8. The summed E-state index contributed by atoms with van der Waals surface area (Å²) in [5.74, 6) is -4.42. The van der Waals surface area contributed by atoms with Crippen LogP contribution in [-0.4, -0.2) is 74.2 Å². The number of nitrogens with zero attached hydrogens (tertiary/aromatic N) is 11. The minimum absolute atomic E-state index is 0. The number of para-hydroxylation sites is 1. The average Bonchev–Trinajstić information content (AvgIpc) is 4.08. The summed E-state index contributed by atoms with van der Waals surface area (Å²) >= 11 is 0. The Balaban J connectivity index is 0.000000527. The number of hydrogen-bond donors (Lipinski definition) is 0. The molecule has 0 fully saturated rings. The molecule has 451 valence electrons. The van der Waals surface area contributed by atoms with Crippen molar-refractivity contribution in [1.29, 1.82) is 0 Å². The first-order chi connectivity index (χ1) is 38.4. The van der Waals surface area contributed by atoms with E-state index >= 15 is 0 Å². The number of benzene rings is 5. The fraction of sp³-hybridized carbons (Fsp3) is 0.127. The monoisotopic (exact) mass is 2040 g/mol. The largest absolute Gasteiger partial charge is 0.510 e. The fourth-order valence-electron chi connectivity index (χ4n) is 7.08. The number of hydrogen-bond acceptors (Lipinski definition) is 9. The molecule has 5 heterocycles. The van der Waals surface area contributed by atoms with Gasteiger partial charge in [0.25, 0.3) is 0 Å². The fourth-order valence-corrected chi connectivity index (χ4v) is 7.08. The van der Waals surface area contributed by atoms with Crippen LogP contribution in [0.25, 0.3) is 54.7 Å². The van der Waals surface area contributed by atoms with E-state index in [-0.39, 0.29) is 117 Å². The van der Waals surface area contributed by atoms with Crippen LogP contribution >= 0.6 is 0 Å². The summed E-state index contributed by atoms with van der Waals surface area (Å²) in [6, 6.07) is 46.3. The van der Waals surface area contributed by atoms with E-state index in [0.29, 0.717) is 22.8 Å². The van der Waals surface area contributed by atoms with Crippen LogP contribution in [0.2, 0.25) is 0 Å². The van der Waals surface area contributed by atoms with E-state index in [0.717, 1.165) is 69.9 Å². The standard InChI is InChI=1S/C14H10F2N3.C14H12N3.C13H11F2N2.C12H8F2N.C10H10N2.5Ir/c1-17-14-11(15)5-4-10(13(14)16)12-8-9(19(2)3)6-7-18-12;1-15-12-6-4-5-11(9-12)14-10-13(17(2)3)7-8-16-14;1-17(2)10-4-6-13(16-8-10)11-5-3-9(14)7-12(11)15;1-8-3-2-6-15-12(8)10-5-4-9(13)7-11(10)14;1-11-7-8-12(9-11)10-5-3-2-4-6-10;;;;;/h5-8H,2-3H3;4,6-10H,2-3H3;3-4,6-8H,1-2H3;2-4,6-7H,1H3;2-5,7-9H,1H3;;;;;/q4*-1;-2;;;;;. The number of aryl methyl sites for hydroxylation is 1. The summed E-state index contributed by atoms with van der Waals surface area (Å²) in [5.41, 5.74) is 8.00. The van der Waals surface area contributed by atoms with Crippen LogP contribution in [0.15, 0.2) is 159 Å². The van der Waals surface area contributed by atoms with Gasteiger partial charge in [0.2, 0.25) is 0 Å². The Morgan fingerprint density at radius 1 is 0.518 bits per heavy atom. The molecule has 85 heavy (non-hydrogen) atoms. The van der Waals surface area contributed by atoms with E-state index in [1.54, 1.807) is 61.1 Å². The zero-order chi connectivity index (χ0) is 57.9. The maximum atomic E-state index is 14.0. The van der Waals surface area contributed by atoms with E-state index < -0.39 is 40.6 Å². The molecule has 9 aromatic rings. The molecule has 5 aromatic carbocycles. The summed E-state index contributed by atoms with van der Waals surface area (Å²) in [4.78, 5) is 32.5. The summed E-state index contributed by atoms with van der Waals surface area (Å²) < 4.78 is 79.5. The first-order valence-corrected chi connectivity index (χ1v) is 24.1. The maximum absolute atomic E-state index is 14.0. The quantitative estimate of drug-likeness (QED) is 0.109. The van der Waals surface area contributed by atoms with Gasteiger partial charge in [-0.3, -0.25) is 36.0 Å². The van der Waals surface area contributed by atoms with Gasteiger partial charge in [0.05, 0.1) is 18.8 Å². The van der Waals surface area contributed by atoms with Crippen LogP contribution in [0, 0.1) is 92.0 Å². The van der Waals surface area contributed by atoms with Gasteiger partial charge in [-0.2, -0.15) is 43.1 Å². The Morgan fingerprint density at radius 2 is 1.12 bits per heavy atom. The van der Waals surface area contributed by atoms with Crippen molar-refractivity contribution < 1.29 is 127 Å². The third-order valence-electron chi connectivity index (χ3n) is 11.3. The molecule has 0 amide bonds. The van der Waals surface area contributed by atoms with Crippen molar-refractivity contribution in [3.8, 4) is 45.0 Å². The molecule has 0 spiro atoms. The van der Waals surface area contributed by atoms with Crippen molar-refractivity contribution >= 4 is 34.1 Å². The molecule has 0 saturated heterocycles. The van der Waals surface area contributed by atoms with Crippen LogP contribution in [0.1, 0.15) is 5.56 Å². The predicted molar refractivity (Wildman–Crippen MR) is 303 cm³/mol.